The quantitative estimate of drug-likeness (QED) is 0.0261. The van der Waals surface area contributed by atoms with Crippen molar-refractivity contribution in [3.05, 3.63) is 72.9 Å². The Morgan fingerprint density at radius 2 is 0.586 bits per heavy atom. The monoisotopic (exact) mass is 977 g/mol. The zero-order chi connectivity index (χ0) is 50.7. The van der Waals surface area contributed by atoms with E-state index in [4.69, 9.17) is 14.2 Å². The van der Waals surface area contributed by atoms with Crippen LogP contribution >= 0.6 is 0 Å². The molecule has 0 spiro atoms. The Morgan fingerprint density at radius 3 is 0.929 bits per heavy atom. The molecule has 404 valence electrons. The van der Waals surface area contributed by atoms with Crippen LogP contribution in [0.4, 0.5) is 0 Å². The third-order valence-electron chi connectivity index (χ3n) is 12.9. The van der Waals surface area contributed by atoms with Gasteiger partial charge in [-0.1, -0.05) is 267 Å². The van der Waals surface area contributed by atoms with Crippen LogP contribution in [0.3, 0.4) is 0 Å². The molecule has 0 N–H and O–H groups in total. The number of ether oxygens (including phenoxy) is 3. The van der Waals surface area contributed by atoms with Crippen molar-refractivity contribution in [3.8, 4) is 0 Å². The second kappa shape index (κ2) is 58.4. The summed E-state index contributed by atoms with van der Waals surface area (Å²) in [7, 11) is 0. The molecule has 1 unspecified atom stereocenters. The van der Waals surface area contributed by atoms with Crippen molar-refractivity contribution in [2.75, 3.05) is 13.2 Å². The van der Waals surface area contributed by atoms with E-state index in [-0.39, 0.29) is 31.1 Å². The van der Waals surface area contributed by atoms with Gasteiger partial charge in [0.2, 0.25) is 0 Å². The SMILES string of the molecule is CC/C=C\C/C=C\C/C=C\C/C=C\CCCCCCCCCCC(=O)OCC(COC(=O)CCCCCCC/C=C\C/C=C\CCC)OC(=O)CCCCCCCCCCCCCCCCCCCC. The number of rotatable bonds is 54. The molecule has 0 saturated heterocycles. The van der Waals surface area contributed by atoms with Gasteiger partial charge in [-0.25, -0.2) is 0 Å². The first-order valence-corrected chi connectivity index (χ1v) is 29.9. The summed E-state index contributed by atoms with van der Waals surface area (Å²) >= 11 is 0. The molecule has 6 nitrogen and oxygen atoms in total. The van der Waals surface area contributed by atoms with E-state index in [2.05, 4.69) is 93.7 Å². The van der Waals surface area contributed by atoms with Gasteiger partial charge in [0.05, 0.1) is 0 Å². The van der Waals surface area contributed by atoms with Gasteiger partial charge in [0, 0.05) is 19.3 Å². The first kappa shape index (κ1) is 66.9. The van der Waals surface area contributed by atoms with Crippen molar-refractivity contribution in [2.24, 2.45) is 0 Å². The van der Waals surface area contributed by atoms with E-state index >= 15 is 0 Å². The molecule has 0 fully saturated rings. The number of hydrogen-bond donors (Lipinski definition) is 0. The van der Waals surface area contributed by atoms with Crippen LogP contribution in [-0.4, -0.2) is 37.2 Å². The lowest BCUT2D eigenvalue weighted by atomic mass is 10.0. The fraction of sp³-hybridized carbons (Fsp3) is 0.766. The largest absolute Gasteiger partial charge is 0.462 e. The zero-order valence-electron chi connectivity index (χ0n) is 46.3. The van der Waals surface area contributed by atoms with Gasteiger partial charge in [0.15, 0.2) is 6.10 Å². The van der Waals surface area contributed by atoms with Crippen LogP contribution in [0.1, 0.15) is 297 Å². The summed E-state index contributed by atoms with van der Waals surface area (Å²) in [6.07, 6.45) is 74.7. The molecule has 0 aromatic carbocycles. The van der Waals surface area contributed by atoms with Crippen molar-refractivity contribution >= 4 is 17.9 Å². The molecule has 0 radical (unpaired) electrons. The number of hydrogen-bond acceptors (Lipinski definition) is 6. The Kier molecular flexibility index (Phi) is 55.8. The molecule has 0 aromatic heterocycles. The highest BCUT2D eigenvalue weighted by atomic mass is 16.6. The molecule has 0 heterocycles. The zero-order valence-corrected chi connectivity index (χ0v) is 46.3. The molecule has 6 heteroatoms. The van der Waals surface area contributed by atoms with Gasteiger partial charge in [0.25, 0.3) is 0 Å². The van der Waals surface area contributed by atoms with Crippen LogP contribution in [0, 0.1) is 0 Å². The standard InChI is InChI=1S/C64H112O6/c1-4-7-10-13-16-19-22-25-27-29-31-32-33-35-36-39-42-45-48-51-54-57-63(66)69-60-61(59-68-62(65)56-53-50-47-44-41-38-24-21-18-15-12-9-6-3)70-64(67)58-55-52-49-46-43-40-37-34-30-28-26-23-20-17-14-11-8-5-2/h7,10,12,15-16,19,21,24-25,27,31-32,61H,4-6,8-9,11,13-14,17-18,20,22-23,26,28-30,33-60H2,1-3H3/b10-7-,15-12-,19-16-,24-21-,27-25-,32-31-. The molecule has 0 aliphatic carbocycles. The van der Waals surface area contributed by atoms with Gasteiger partial charge < -0.3 is 14.2 Å². The van der Waals surface area contributed by atoms with Gasteiger partial charge in [-0.3, -0.25) is 14.4 Å². The van der Waals surface area contributed by atoms with Crippen LogP contribution in [0.25, 0.3) is 0 Å². The average molecular weight is 978 g/mol. The summed E-state index contributed by atoms with van der Waals surface area (Å²) in [5, 5.41) is 0. The van der Waals surface area contributed by atoms with E-state index in [0.29, 0.717) is 19.3 Å². The normalized spacial score (nSPS) is 12.6. The predicted octanol–water partition coefficient (Wildman–Crippen LogP) is 20.2. The Bertz CT molecular complexity index is 1310. The second-order valence-electron chi connectivity index (χ2n) is 19.9. The van der Waals surface area contributed by atoms with Gasteiger partial charge in [-0.2, -0.15) is 0 Å². The molecule has 1 atom stereocenters. The minimum absolute atomic E-state index is 0.0820. The summed E-state index contributed by atoms with van der Waals surface area (Å²) in [5.74, 6) is -0.891. The van der Waals surface area contributed by atoms with Crippen molar-refractivity contribution in [2.45, 2.75) is 303 Å². The van der Waals surface area contributed by atoms with E-state index in [0.717, 1.165) is 116 Å². The molecule has 0 aliphatic rings. The van der Waals surface area contributed by atoms with Gasteiger partial charge >= 0.3 is 17.9 Å². The lowest BCUT2D eigenvalue weighted by molar-refractivity contribution is -0.167. The number of carbonyl (C=O) groups is 3. The first-order valence-electron chi connectivity index (χ1n) is 29.9. The van der Waals surface area contributed by atoms with E-state index in [1.807, 2.05) is 0 Å². The van der Waals surface area contributed by atoms with Crippen LogP contribution in [0.2, 0.25) is 0 Å². The molecule has 0 rings (SSSR count). The molecule has 0 bridgehead atoms. The van der Waals surface area contributed by atoms with Gasteiger partial charge in [-0.15, -0.1) is 0 Å². The van der Waals surface area contributed by atoms with Gasteiger partial charge in [-0.05, 0) is 83.5 Å². The summed E-state index contributed by atoms with van der Waals surface area (Å²) in [6.45, 7) is 6.48. The van der Waals surface area contributed by atoms with Crippen molar-refractivity contribution < 1.29 is 28.6 Å². The average Bonchev–Trinajstić information content (AvgIpc) is 3.36. The second-order valence-corrected chi connectivity index (χ2v) is 19.9. The first-order chi connectivity index (χ1) is 34.5. The highest BCUT2D eigenvalue weighted by Gasteiger charge is 2.19. The highest BCUT2D eigenvalue weighted by Crippen LogP contribution is 2.16. The number of carbonyl (C=O) groups excluding carboxylic acids is 3. The van der Waals surface area contributed by atoms with E-state index in [1.165, 1.54) is 141 Å². The van der Waals surface area contributed by atoms with Crippen molar-refractivity contribution in [1.29, 1.82) is 0 Å². The molecule has 0 aliphatic heterocycles. The fourth-order valence-electron chi connectivity index (χ4n) is 8.47. The van der Waals surface area contributed by atoms with E-state index < -0.39 is 6.10 Å². The predicted molar refractivity (Wildman–Crippen MR) is 302 cm³/mol. The van der Waals surface area contributed by atoms with Crippen LogP contribution in [-0.2, 0) is 28.6 Å². The van der Waals surface area contributed by atoms with Crippen molar-refractivity contribution in [3.63, 3.8) is 0 Å². The maximum Gasteiger partial charge on any atom is 0.306 e. The Hall–Kier alpha value is -3.15. The molecular weight excluding hydrogens is 865 g/mol. The Labute approximate surface area is 433 Å². The Morgan fingerprint density at radius 1 is 0.300 bits per heavy atom. The molecular formula is C64H112O6. The summed E-state index contributed by atoms with van der Waals surface area (Å²) in [6, 6.07) is 0. The number of esters is 3. The lowest BCUT2D eigenvalue weighted by Gasteiger charge is -2.18. The van der Waals surface area contributed by atoms with Crippen molar-refractivity contribution in [1.82, 2.24) is 0 Å². The van der Waals surface area contributed by atoms with Crippen LogP contribution in [0.15, 0.2) is 72.9 Å². The minimum atomic E-state index is -0.783. The minimum Gasteiger partial charge on any atom is -0.462 e. The molecule has 70 heavy (non-hydrogen) atoms. The number of allylic oxidation sites excluding steroid dienone is 12. The van der Waals surface area contributed by atoms with Crippen LogP contribution < -0.4 is 0 Å². The lowest BCUT2D eigenvalue weighted by Crippen LogP contribution is -2.30. The summed E-state index contributed by atoms with van der Waals surface area (Å²) in [5.41, 5.74) is 0. The van der Waals surface area contributed by atoms with Crippen LogP contribution in [0.5, 0.6) is 0 Å². The van der Waals surface area contributed by atoms with Gasteiger partial charge in [0.1, 0.15) is 13.2 Å². The molecule has 0 amide bonds. The van der Waals surface area contributed by atoms with E-state index in [1.54, 1.807) is 0 Å². The maximum atomic E-state index is 12.9. The summed E-state index contributed by atoms with van der Waals surface area (Å²) < 4.78 is 16.9. The Balaban J connectivity index is 4.35. The third kappa shape index (κ3) is 55.8. The summed E-state index contributed by atoms with van der Waals surface area (Å²) in [4.78, 5) is 38.2. The number of unbranched alkanes of at least 4 members (excludes halogenated alkanes) is 31. The van der Waals surface area contributed by atoms with E-state index in [9.17, 15) is 14.4 Å². The highest BCUT2D eigenvalue weighted by molar-refractivity contribution is 5.71. The maximum absolute atomic E-state index is 12.9. The molecule has 0 saturated carbocycles. The fourth-order valence-corrected chi connectivity index (χ4v) is 8.47. The topological polar surface area (TPSA) is 78.9 Å². The molecule has 0 aromatic rings. The smallest absolute Gasteiger partial charge is 0.306 e. The third-order valence-corrected chi connectivity index (χ3v) is 12.9.